The molecule has 0 aromatic heterocycles. The molecule has 0 spiro atoms. The van der Waals surface area contributed by atoms with Crippen molar-refractivity contribution in [2.24, 2.45) is 11.8 Å². The number of nitrogens with one attached hydrogen (secondary N) is 1. The minimum absolute atomic E-state index is 0.0874. The van der Waals surface area contributed by atoms with E-state index in [1.165, 1.54) is 18.2 Å². The number of benzene rings is 1. The Morgan fingerprint density at radius 1 is 1.43 bits per heavy atom. The monoisotopic (exact) mass is 294 g/mol. The second-order valence-electron chi connectivity index (χ2n) is 5.53. The molecule has 116 valence electrons. The highest BCUT2D eigenvalue weighted by Crippen LogP contribution is 2.16. The van der Waals surface area contributed by atoms with Crippen LogP contribution in [0.15, 0.2) is 24.3 Å². The molecule has 6 nitrogen and oxygen atoms in total. The van der Waals surface area contributed by atoms with Crippen molar-refractivity contribution in [1.82, 2.24) is 5.32 Å². The maximum atomic E-state index is 12.0. The van der Waals surface area contributed by atoms with Crippen LogP contribution in [0, 0.1) is 22.0 Å². The standard InChI is InChI=1S/C15H22N2O4/c1-11(2)8-12(6-7-18)10-16-15(19)13-4-3-5-14(9-13)17(20)21/h3-5,9,11-12,18H,6-8,10H2,1-2H3,(H,16,19). The van der Waals surface area contributed by atoms with Gasteiger partial charge < -0.3 is 10.4 Å². The first-order valence-electron chi connectivity index (χ1n) is 7.07. The quantitative estimate of drug-likeness (QED) is 0.568. The van der Waals surface area contributed by atoms with Crippen LogP contribution in [0.5, 0.6) is 0 Å². The third-order valence-corrected chi connectivity index (χ3v) is 3.21. The number of aliphatic hydroxyl groups excluding tert-OH is 1. The topological polar surface area (TPSA) is 92.5 Å². The third kappa shape index (κ3) is 5.91. The van der Waals surface area contributed by atoms with Crippen molar-refractivity contribution < 1.29 is 14.8 Å². The molecule has 1 unspecified atom stereocenters. The van der Waals surface area contributed by atoms with Crippen LogP contribution in [0.1, 0.15) is 37.0 Å². The van der Waals surface area contributed by atoms with Gasteiger partial charge in [0.1, 0.15) is 0 Å². The van der Waals surface area contributed by atoms with Gasteiger partial charge in [0.25, 0.3) is 11.6 Å². The smallest absolute Gasteiger partial charge is 0.270 e. The summed E-state index contributed by atoms with van der Waals surface area (Å²) in [6.45, 7) is 4.73. The van der Waals surface area contributed by atoms with Crippen molar-refractivity contribution in [2.75, 3.05) is 13.2 Å². The highest BCUT2D eigenvalue weighted by atomic mass is 16.6. The van der Waals surface area contributed by atoms with Gasteiger partial charge >= 0.3 is 0 Å². The van der Waals surface area contributed by atoms with Gasteiger partial charge in [-0.15, -0.1) is 0 Å². The van der Waals surface area contributed by atoms with Gasteiger partial charge in [0.15, 0.2) is 0 Å². The average molecular weight is 294 g/mol. The SMILES string of the molecule is CC(C)CC(CCO)CNC(=O)c1cccc([N+](=O)[O-])c1. The van der Waals surface area contributed by atoms with Crippen LogP contribution in [0.4, 0.5) is 5.69 Å². The number of non-ortho nitro benzene ring substituents is 1. The van der Waals surface area contributed by atoms with Gasteiger partial charge in [-0.05, 0) is 30.7 Å². The lowest BCUT2D eigenvalue weighted by atomic mass is 9.94. The van der Waals surface area contributed by atoms with Crippen molar-refractivity contribution >= 4 is 11.6 Å². The molecule has 0 aliphatic rings. The fourth-order valence-electron chi connectivity index (χ4n) is 2.25. The van der Waals surface area contributed by atoms with E-state index < -0.39 is 4.92 Å². The van der Waals surface area contributed by atoms with E-state index in [0.29, 0.717) is 18.9 Å². The van der Waals surface area contributed by atoms with E-state index in [2.05, 4.69) is 19.2 Å². The zero-order chi connectivity index (χ0) is 15.8. The van der Waals surface area contributed by atoms with Crippen LogP contribution in [-0.2, 0) is 0 Å². The number of nitro benzene ring substituents is 1. The molecule has 0 heterocycles. The molecule has 1 amide bonds. The Labute approximate surface area is 124 Å². The van der Waals surface area contributed by atoms with Crippen LogP contribution in [0.3, 0.4) is 0 Å². The second-order valence-corrected chi connectivity index (χ2v) is 5.53. The molecule has 0 aliphatic heterocycles. The van der Waals surface area contributed by atoms with E-state index >= 15 is 0 Å². The first kappa shape index (κ1) is 17.1. The number of nitrogens with zero attached hydrogens (tertiary/aromatic N) is 1. The number of carbonyl (C=O) groups excluding carboxylic acids is 1. The highest BCUT2D eigenvalue weighted by molar-refractivity contribution is 5.94. The Morgan fingerprint density at radius 2 is 2.14 bits per heavy atom. The van der Waals surface area contributed by atoms with Gasteiger partial charge in [-0.25, -0.2) is 0 Å². The summed E-state index contributed by atoms with van der Waals surface area (Å²) < 4.78 is 0. The lowest BCUT2D eigenvalue weighted by Crippen LogP contribution is -2.30. The molecule has 0 saturated carbocycles. The number of amides is 1. The molecule has 1 aromatic rings. The molecule has 6 heteroatoms. The van der Waals surface area contributed by atoms with Gasteiger partial charge in [-0.2, -0.15) is 0 Å². The van der Waals surface area contributed by atoms with E-state index in [4.69, 9.17) is 5.11 Å². The number of carbonyl (C=O) groups is 1. The Balaban J connectivity index is 2.63. The zero-order valence-electron chi connectivity index (χ0n) is 12.4. The maximum Gasteiger partial charge on any atom is 0.270 e. The van der Waals surface area contributed by atoms with Crippen LogP contribution < -0.4 is 5.32 Å². The third-order valence-electron chi connectivity index (χ3n) is 3.21. The Hall–Kier alpha value is -1.95. The molecule has 1 rings (SSSR count). The van der Waals surface area contributed by atoms with Gasteiger partial charge in [0.2, 0.25) is 0 Å². The fraction of sp³-hybridized carbons (Fsp3) is 0.533. The van der Waals surface area contributed by atoms with Crippen molar-refractivity contribution in [3.05, 3.63) is 39.9 Å². The molecule has 0 bridgehead atoms. The molecule has 0 saturated heterocycles. The van der Waals surface area contributed by atoms with Gasteiger partial charge in [0, 0.05) is 30.8 Å². The summed E-state index contributed by atoms with van der Waals surface area (Å²) in [6.07, 6.45) is 1.54. The number of rotatable bonds is 8. The van der Waals surface area contributed by atoms with Crippen molar-refractivity contribution in [2.45, 2.75) is 26.7 Å². The minimum atomic E-state index is -0.524. The average Bonchev–Trinajstić information content (AvgIpc) is 2.44. The summed E-state index contributed by atoms with van der Waals surface area (Å²) in [5.74, 6) is 0.360. The van der Waals surface area contributed by atoms with Gasteiger partial charge in [-0.3, -0.25) is 14.9 Å². The molecule has 1 atom stereocenters. The summed E-state index contributed by atoms with van der Waals surface area (Å²) in [5, 5.41) is 22.5. The summed E-state index contributed by atoms with van der Waals surface area (Å²) in [5.41, 5.74) is 0.174. The number of aliphatic hydroxyl groups is 1. The molecular weight excluding hydrogens is 272 g/mol. The Kier molecular flexibility index (Phi) is 6.81. The first-order valence-corrected chi connectivity index (χ1v) is 7.07. The van der Waals surface area contributed by atoms with Crippen molar-refractivity contribution in [3.63, 3.8) is 0 Å². The van der Waals surface area contributed by atoms with E-state index in [1.54, 1.807) is 6.07 Å². The molecule has 0 fully saturated rings. The molecule has 21 heavy (non-hydrogen) atoms. The maximum absolute atomic E-state index is 12.0. The predicted molar refractivity (Wildman–Crippen MR) is 80.1 cm³/mol. The molecule has 0 radical (unpaired) electrons. The largest absolute Gasteiger partial charge is 0.396 e. The highest BCUT2D eigenvalue weighted by Gasteiger charge is 2.15. The normalized spacial score (nSPS) is 12.2. The summed E-state index contributed by atoms with van der Waals surface area (Å²) >= 11 is 0. The van der Waals surface area contributed by atoms with E-state index in [9.17, 15) is 14.9 Å². The fourth-order valence-corrected chi connectivity index (χ4v) is 2.25. The van der Waals surface area contributed by atoms with E-state index in [1.807, 2.05) is 0 Å². The van der Waals surface area contributed by atoms with Crippen molar-refractivity contribution in [3.8, 4) is 0 Å². The minimum Gasteiger partial charge on any atom is -0.396 e. The van der Waals surface area contributed by atoms with Crippen LogP contribution in [-0.4, -0.2) is 29.1 Å². The summed E-state index contributed by atoms with van der Waals surface area (Å²) in [7, 11) is 0. The first-order chi connectivity index (χ1) is 9.93. The Morgan fingerprint density at radius 3 is 2.71 bits per heavy atom. The van der Waals surface area contributed by atoms with E-state index in [-0.39, 0.29) is 29.7 Å². The van der Waals surface area contributed by atoms with Crippen molar-refractivity contribution in [1.29, 1.82) is 0 Å². The van der Waals surface area contributed by atoms with Crippen LogP contribution >= 0.6 is 0 Å². The number of hydrogen-bond donors (Lipinski definition) is 2. The molecule has 1 aromatic carbocycles. The molecule has 0 aliphatic carbocycles. The second kappa shape index (κ2) is 8.36. The summed E-state index contributed by atoms with van der Waals surface area (Å²) in [4.78, 5) is 22.2. The molecular formula is C15H22N2O4. The predicted octanol–water partition coefficient (Wildman–Crippen LogP) is 2.37. The zero-order valence-corrected chi connectivity index (χ0v) is 12.4. The number of nitro groups is 1. The summed E-state index contributed by atoms with van der Waals surface area (Å²) in [6, 6.07) is 5.65. The molecule has 2 N–H and O–H groups in total. The Bertz CT molecular complexity index is 488. The van der Waals surface area contributed by atoms with Gasteiger partial charge in [-0.1, -0.05) is 19.9 Å². The lowest BCUT2D eigenvalue weighted by molar-refractivity contribution is -0.384. The lowest BCUT2D eigenvalue weighted by Gasteiger charge is -2.18. The van der Waals surface area contributed by atoms with E-state index in [0.717, 1.165) is 6.42 Å². The van der Waals surface area contributed by atoms with Crippen LogP contribution in [0.2, 0.25) is 0 Å². The van der Waals surface area contributed by atoms with Gasteiger partial charge in [0.05, 0.1) is 4.92 Å². The number of hydrogen-bond acceptors (Lipinski definition) is 4. The van der Waals surface area contributed by atoms with Crippen LogP contribution in [0.25, 0.3) is 0 Å².